The molecule has 0 aromatic heterocycles. The van der Waals surface area contributed by atoms with E-state index < -0.39 is 0 Å². The van der Waals surface area contributed by atoms with Gasteiger partial charge in [0.1, 0.15) is 5.75 Å². The molecule has 2 aromatic rings. The Kier molecular flexibility index (Phi) is 5.05. The van der Waals surface area contributed by atoms with Crippen LogP contribution in [0.25, 0.3) is 0 Å². The van der Waals surface area contributed by atoms with E-state index in [-0.39, 0.29) is 5.84 Å². The lowest BCUT2D eigenvalue weighted by Gasteiger charge is -2.11. The van der Waals surface area contributed by atoms with E-state index in [2.05, 4.69) is 26.4 Å². The smallest absolute Gasteiger partial charge is 0.173 e. The molecule has 0 heterocycles. The molecule has 0 aliphatic rings. The highest BCUT2D eigenvalue weighted by atomic mass is 79.9. The molecule has 2 rings (SSSR count). The molecule has 21 heavy (non-hydrogen) atoms. The summed E-state index contributed by atoms with van der Waals surface area (Å²) in [5, 5.41) is 15.2. The molecule has 0 fully saturated rings. The van der Waals surface area contributed by atoms with Crippen molar-refractivity contribution in [3.63, 3.8) is 0 Å². The summed E-state index contributed by atoms with van der Waals surface area (Å²) in [6.07, 6.45) is 0. The van der Waals surface area contributed by atoms with Crippen molar-refractivity contribution in [2.75, 3.05) is 12.4 Å². The summed E-state index contributed by atoms with van der Waals surface area (Å²) in [5.74, 6) is 0.593. The first kappa shape index (κ1) is 15.2. The molecule has 0 unspecified atom stereocenters. The Morgan fingerprint density at radius 2 is 2.00 bits per heavy atom. The number of anilines is 1. The average molecular weight is 350 g/mol. The maximum absolute atomic E-state index is 8.82. The van der Waals surface area contributed by atoms with Crippen molar-refractivity contribution >= 4 is 27.5 Å². The Bertz CT molecular complexity index is 642. The van der Waals surface area contributed by atoms with Crippen molar-refractivity contribution in [3.05, 3.63) is 58.1 Å². The SMILES string of the molecule is COc1ccc(CNc2ccc(Br)cc2)cc1C(N)=NO. The van der Waals surface area contributed by atoms with Gasteiger partial charge >= 0.3 is 0 Å². The van der Waals surface area contributed by atoms with Crippen LogP contribution < -0.4 is 15.8 Å². The molecule has 110 valence electrons. The summed E-state index contributed by atoms with van der Waals surface area (Å²) in [5.41, 5.74) is 8.24. The van der Waals surface area contributed by atoms with Crippen molar-refractivity contribution < 1.29 is 9.94 Å². The molecule has 0 radical (unpaired) electrons. The van der Waals surface area contributed by atoms with Crippen LogP contribution >= 0.6 is 15.9 Å². The van der Waals surface area contributed by atoms with Gasteiger partial charge in [-0.1, -0.05) is 27.2 Å². The van der Waals surface area contributed by atoms with Gasteiger partial charge in [-0.15, -0.1) is 0 Å². The van der Waals surface area contributed by atoms with Crippen LogP contribution in [0.1, 0.15) is 11.1 Å². The van der Waals surface area contributed by atoms with E-state index in [0.717, 1.165) is 15.7 Å². The minimum absolute atomic E-state index is 0.0253. The molecule has 6 heteroatoms. The summed E-state index contributed by atoms with van der Waals surface area (Å²) >= 11 is 3.40. The molecule has 0 amide bonds. The molecule has 5 nitrogen and oxygen atoms in total. The van der Waals surface area contributed by atoms with Gasteiger partial charge in [-0.2, -0.15) is 0 Å². The van der Waals surface area contributed by atoms with Crippen molar-refractivity contribution in [1.82, 2.24) is 0 Å². The highest BCUT2D eigenvalue weighted by Crippen LogP contribution is 2.21. The Balaban J connectivity index is 2.15. The molecule has 0 saturated carbocycles. The normalized spacial score (nSPS) is 11.2. The molecule has 0 atom stereocenters. The van der Waals surface area contributed by atoms with Crippen molar-refractivity contribution in [2.24, 2.45) is 10.9 Å². The lowest BCUT2D eigenvalue weighted by atomic mass is 10.1. The van der Waals surface area contributed by atoms with Gasteiger partial charge in [0.15, 0.2) is 5.84 Å². The largest absolute Gasteiger partial charge is 0.496 e. The van der Waals surface area contributed by atoms with E-state index >= 15 is 0 Å². The standard InChI is InChI=1S/C15H16BrN3O2/c1-21-14-7-2-10(8-13(14)15(17)19-20)9-18-12-5-3-11(16)4-6-12/h2-8,18,20H,9H2,1H3,(H2,17,19). The van der Waals surface area contributed by atoms with Crippen LogP contribution in [-0.4, -0.2) is 18.2 Å². The lowest BCUT2D eigenvalue weighted by Crippen LogP contribution is -2.15. The molecule has 0 bridgehead atoms. The first-order chi connectivity index (χ1) is 10.1. The number of hydrogen-bond acceptors (Lipinski definition) is 4. The fraction of sp³-hybridized carbons (Fsp3) is 0.133. The zero-order valence-electron chi connectivity index (χ0n) is 11.5. The van der Waals surface area contributed by atoms with E-state index in [1.165, 1.54) is 0 Å². The monoisotopic (exact) mass is 349 g/mol. The van der Waals surface area contributed by atoms with Crippen molar-refractivity contribution in [2.45, 2.75) is 6.54 Å². The number of nitrogens with one attached hydrogen (secondary N) is 1. The highest BCUT2D eigenvalue weighted by Gasteiger charge is 2.09. The number of halogens is 1. The van der Waals surface area contributed by atoms with Crippen molar-refractivity contribution in [3.8, 4) is 5.75 Å². The minimum atomic E-state index is 0.0253. The van der Waals surface area contributed by atoms with Crippen LogP contribution in [0.2, 0.25) is 0 Å². The Morgan fingerprint density at radius 3 is 2.62 bits per heavy atom. The second kappa shape index (κ2) is 6.99. The van der Waals surface area contributed by atoms with Gasteiger partial charge in [-0.05, 0) is 42.0 Å². The summed E-state index contributed by atoms with van der Waals surface area (Å²) in [4.78, 5) is 0. The maximum Gasteiger partial charge on any atom is 0.173 e. The lowest BCUT2D eigenvalue weighted by molar-refractivity contribution is 0.318. The number of methoxy groups -OCH3 is 1. The Hall–Kier alpha value is -2.21. The van der Waals surface area contributed by atoms with Gasteiger partial charge in [-0.25, -0.2) is 0 Å². The van der Waals surface area contributed by atoms with Gasteiger partial charge in [0.05, 0.1) is 12.7 Å². The molecule has 4 N–H and O–H groups in total. The van der Waals surface area contributed by atoms with Crippen LogP contribution in [0.3, 0.4) is 0 Å². The van der Waals surface area contributed by atoms with E-state index in [1.807, 2.05) is 36.4 Å². The Morgan fingerprint density at radius 1 is 1.29 bits per heavy atom. The summed E-state index contributed by atoms with van der Waals surface area (Å²) < 4.78 is 6.24. The van der Waals surface area contributed by atoms with E-state index in [9.17, 15) is 0 Å². The number of amidine groups is 1. The van der Waals surface area contributed by atoms with E-state index in [0.29, 0.717) is 17.9 Å². The molecule has 2 aromatic carbocycles. The zero-order chi connectivity index (χ0) is 15.2. The molecule has 0 saturated heterocycles. The molecule has 0 aliphatic carbocycles. The number of hydrogen-bond donors (Lipinski definition) is 3. The van der Waals surface area contributed by atoms with Gasteiger partial charge in [0, 0.05) is 16.7 Å². The number of rotatable bonds is 5. The number of nitrogens with two attached hydrogens (primary N) is 1. The van der Waals surface area contributed by atoms with Gasteiger partial charge in [0.2, 0.25) is 0 Å². The van der Waals surface area contributed by atoms with E-state index in [1.54, 1.807) is 13.2 Å². The predicted molar refractivity (Wildman–Crippen MR) is 87.0 cm³/mol. The first-order valence-corrected chi connectivity index (χ1v) is 7.07. The predicted octanol–water partition coefficient (Wildman–Crippen LogP) is 3.16. The van der Waals surface area contributed by atoms with Gasteiger partial charge in [-0.3, -0.25) is 0 Å². The first-order valence-electron chi connectivity index (χ1n) is 6.28. The molecular weight excluding hydrogens is 334 g/mol. The summed E-state index contributed by atoms with van der Waals surface area (Å²) in [6, 6.07) is 13.5. The molecular formula is C15H16BrN3O2. The number of nitrogens with zero attached hydrogens (tertiary/aromatic N) is 1. The molecule has 0 spiro atoms. The summed E-state index contributed by atoms with van der Waals surface area (Å²) in [6.45, 7) is 0.622. The minimum Gasteiger partial charge on any atom is -0.496 e. The third-order valence-electron chi connectivity index (χ3n) is 2.99. The van der Waals surface area contributed by atoms with E-state index in [4.69, 9.17) is 15.7 Å². The number of benzene rings is 2. The summed E-state index contributed by atoms with van der Waals surface area (Å²) in [7, 11) is 1.54. The zero-order valence-corrected chi connectivity index (χ0v) is 13.1. The fourth-order valence-electron chi connectivity index (χ4n) is 1.89. The van der Waals surface area contributed by atoms with Crippen LogP contribution in [0, 0.1) is 0 Å². The topological polar surface area (TPSA) is 79.9 Å². The Labute approximate surface area is 131 Å². The second-order valence-corrected chi connectivity index (χ2v) is 5.30. The fourth-order valence-corrected chi connectivity index (χ4v) is 2.16. The molecule has 0 aliphatic heterocycles. The number of ether oxygens (including phenoxy) is 1. The third-order valence-corrected chi connectivity index (χ3v) is 3.52. The van der Waals surface area contributed by atoms with Gasteiger partial charge in [0.25, 0.3) is 0 Å². The van der Waals surface area contributed by atoms with Gasteiger partial charge < -0.3 is 21.0 Å². The van der Waals surface area contributed by atoms with Crippen LogP contribution in [-0.2, 0) is 6.54 Å². The maximum atomic E-state index is 8.82. The van der Waals surface area contributed by atoms with Crippen molar-refractivity contribution in [1.29, 1.82) is 0 Å². The van der Waals surface area contributed by atoms with Crippen LogP contribution in [0.4, 0.5) is 5.69 Å². The number of oxime groups is 1. The van der Waals surface area contributed by atoms with Crippen LogP contribution in [0.5, 0.6) is 5.75 Å². The average Bonchev–Trinajstić information content (AvgIpc) is 2.53. The quantitative estimate of drug-likeness (QED) is 0.335. The second-order valence-electron chi connectivity index (χ2n) is 4.38. The third kappa shape index (κ3) is 3.88. The highest BCUT2D eigenvalue weighted by molar-refractivity contribution is 9.10. The van der Waals surface area contributed by atoms with Crippen LogP contribution in [0.15, 0.2) is 52.1 Å².